The highest BCUT2D eigenvalue weighted by Crippen LogP contribution is 2.32. The largest absolute Gasteiger partial charge is 0.454 e. The van der Waals surface area contributed by atoms with Gasteiger partial charge in [-0.3, -0.25) is 0 Å². The van der Waals surface area contributed by atoms with Gasteiger partial charge >= 0.3 is 0 Å². The van der Waals surface area contributed by atoms with Crippen molar-refractivity contribution < 1.29 is 13.6 Å². The van der Waals surface area contributed by atoms with E-state index in [9.17, 15) is 0 Å². The molecule has 14 heavy (non-hydrogen) atoms. The highest BCUT2D eigenvalue weighted by atomic mass is 16.7. The standard InChI is InChI=1S/C11H15NO2/c1-8(12-2)5-9-3-4-10-11(6-9)14-7-13-10/h3-4,6,8,12H,5,7H2,1-2H3/i2D3. The van der Waals surface area contributed by atoms with Gasteiger partial charge in [0.15, 0.2) is 11.5 Å². The molecule has 3 heteroatoms. The molecule has 0 radical (unpaired) electrons. The summed E-state index contributed by atoms with van der Waals surface area (Å²) in [5, 5.41) is 2.56. The summed E-state index contributed by atoms with van der Waals surface area (Å²) in [6.45, 7) is -0.00539. The van der Waals surface area contributed by atoms with Crippen molar-refractivity contribution in [3.05, 3.63) is 23.8 Å². The van der Waals surface area contributed by atoms with Crippen molar-refractivity contribution in [3.8, 4) is 11.5 Å². The van der Waals surface area contributed by atoms with Crippen molar-refractivity contribution in [3.63, 3.8) is 0 Å². The normalized spacial score (nSPS) is 19.6. The van der Waals surface area contributed by atoms with Crippen LogP contribution in [0.15, 0.2) is 18.2 Å². The van der Waals surface area contributed by atoms with Gasteiger partial charge in [0.2, 0.25) is 6.79 Å². The number of likely N-dealkylation sites (N-methyl/N-ethyl adjacent to an activating group) is 1. The number of ether oxygens (including phenoxy) is 2. The fraction of sp³-hybridized carbons (Fsp3) is 0.455. The van der Waals surface area contributed by atoms with Crippen LogP contribution in [0, 0.1) is 0 Å². The maximum atomic E-state index is 7.13. The lowest BCUT2D eigenvalue weighted by molar-refractivity contribution is 0.174. The van der Waals surface area contributed by atoms with Crippen molar-refractivity contribution in [2.24, 2.45) is 0 Å². The van der Waals surface area contributed by atoms with Gasteiger partial charge in [-0.1, -0.05) is 6.07 Å². The van der Waals surface area contributed by atoms with Gasteiger partial charge in [-0.05, 0) is 38.0 Å². The predicted octanol–water partition coefficient (Wildman–Crippen LogP) is 1.57. The Bertz CT molecular complexity index is 406. The van der Waals surface area contributed by atoms with Crippen LogP contribution in [0.3, 0.4) is 0 Å². The quantitative estimate of drug-likeness (QED) is 0.796. The number of hydrogen-bond acceptors (Lipinski definition) is 3. The minimum absolute atomic E-state index is 0.122. The minimum atomic E-state index is -2.10. The molecule has 1 N–H and O–H groups in total. The Morgan fingerprint density at radius 1 is 1.50 bits per heavy atom. The molecule has 76 valence electrons. The molecule has 0 amide bonds. The Kier molecular flexibility index (Phi) is 1.75. The minimum Gasteiger partial charge on any atom is -0.454 e. The van der Waals surface area contributed by atoms with Gasteiger partial charge in [0, 0.05) is 10.2 Å². The van der Waals surface area contributed by atoms with Crippen LogP contribution >= 0.6 is 0 Å². The van der Waals surface area contributed by atoms with E-state index in [1.807, 2.05) is 25.1 Å². The fourth-order valence-corrected chi connectivity index (χ4v) is 1.47. The molecule has 0 bridgehead atoms. The second kappa shape index (κ2) is 3.88. The van der Waals surface area contributed by atoms with Crippen LogP contribution in [0.5, 0.6) is 11.5 Å². The Morgan fingerprint density at radius 3 is 3.21 bits per heavy atom. The molecule has 0 aliphatic carbocycles. The first-order valence-corrected chi connectivity index (χ1v) is 4.60. The van der Waals surface area contributed by atoms with Crippen LogP contribution in [0.1, 0.15) is 16.6 Å². The molecule has 0 spiro atoms. The van der Waals surface area contributed by atoms with E-state index in [-0.39, 0.29) is 12.8 Å². The van der Waals surface area contributed by atoms with E-state index in [1.165, 1.54) is 0 Å². The molecule has 1 aliphatic rings. The van der Waals surface area contributed by atoms with Gasteiger partial charge < -0.3 is 14.8 Å². The average molecular weight is 196 g/mol. The number of benzene rings is 1. The van der Waals surface area contributed by atoms with Gasteiger partial charge in [-0.15, -0.1) is 0 Å². The zero-order valence-corrected chi connectivity index (χ0v) is 8.04. The predicted molar refractivity (Wildman–Crippen MR) is 54.8 cm³/mol. The lowest BCUT2D eigenvalue weighted by atomic mass is 10.1. The Balaban J connectivity index is 1.99. The van der Waals surface area contributed by atoms with Gasteiger partial charge in [0.05, 0.1) is 0 Å². The van der Waals surface area contributed by atoms with E-state index in [0.29, 0.717) is 6.42 Å². The third-order valence-corrected chi connectivity index (χ3v) is 2.23. The van der Waals surface area contributed by atoms with E-state index in [2.05, 4.69) is 5.32 Å². The second-order valence-electron chi connectivity index (χ2n) is 3.44. The van der Waals surface area contributed by atoms with Gasteiger partial charge in [-0.2, -0.15) is 0 Å². The molecule has 1 heterocycles. The van der Waals surface area contributed by atoms with E-state index < -0.39 is 6.98 Å². The summed E-state index contributed by atoms with van der Waals surface area (Å²) in [6, 6.07) is 5.54. The zero-order chi connectivity index (χ0) is 12.5. The summed E-state index contributed by atoms with van der Waals surface area (Å²) in [5.41, 5.74) is 1.03. The van der Waals surface area contributed by atoms with Crippen molar-refractivity contribution in [2.45, 2.75) is 19.4 Å². The fourth-order valence-electron chi connectivity index (χ4n) is 1.47. The Hall–Kier alpha value is -1.22. The van der Waals surface area contributed by atoms with Gasteiger partial charge in [0.25, 0.3) is 0 Å². The van der Waals surface area contributed by atoms with Crippen molar-refractivity contribution in [1.29, 1.82) is 0 Å². The molecule has 0 saturated carbocycles. The molecule has 3 nitrogen and oxygen atoms in total. The molecule has 1 aromatic carbocycles. The monoisotopic (exact) mass is 196 g/mol. The van der Waals surface area contributed by atoms with Crippen LogP contribution in [0.25, 0.3) is 0 Å². The van der Waals surface area contributed by atoms with E-state index in [4.69, 9.17) is 13.6 Å². The van der Waals surface area contributed by atoms with E-state index in [0.717, 1.165) is 17.1 Å². The molecular formula is C11H15NO2. The van der Waals surface area contributed by atoms with Crippen LogP contribution in [-0.2, 0) is 6.42 Å². The zero-order valence-electron chi connectivity index (χ0n) is 11.0. The summed E-state index contributed by atoms with van der Waals surface area (Å²) in [5.74, 6) is 1.47. The molecular weight excluding hydrogens is 178 g/mol. The first-order valence-electron chi connectivity index (χ1n) is 6.10. The lowest BCUT2D eigenvalue weighted by Crippen LogP contribution is -2.23. The first-order chi connectivity index (χ1) is 7.94. The Labute approximate surface area is 88.2 Å². The summed E-state index contributed by atoms with van der Waals surface area (Å²) >= 11 is 0. The summed E-state index contributed by atoms with van der Waals surface area (Å²) < 4.78 is 31.9. The summed E-state index contributed by atoms with van der Waals surface area (Å²) in [6.07, 6.45) is 0.634. The smallest absolute Gasteiger partial charge is 0.231 e. The molecule has 1 aliphatic heterocycles. The topological polar surface area (TPSA) is 30.5 Å². The maximum Gasteiger partial charge on any atom is 0.231 e. The molecule has 0 saturated heterocycles. The lowest BCUT2D eigenvalue weighted by Gasteiger charge is -2.09. The van der Waals surface area contributed by atoms with Crippen LogP contribution in [-0.4, -0.2) is 19.8 Å². The third-order valence-electron chi connectivity index (χ3n) is 2.23. The number of rotatable bonds is 3. The third kappa shape index (κ3) is 1.82. The Morgan fingerprint density at radius 2 is 2.36 bits per heavy atom. The van der Waals surface area contributed by atoms with E-state index in [1.54, 1.807) is 0 Å². The molecule has 0 aromatic heterocycles. The molecule has 0 fully saturated rings. The average Bonchev–Trinajstić information content (AvgIpc) is 2.61. The summed E-state index contributed by atoms with van der Waals surface area (Å²) in [7, 11) is 0. The van der Waals surface area contributed by atoms with Crippen LogP contribution in [0.4, 0.5) is 0 Å². The highest BCUT2D eigenvalue weighted by molar-refractivity contribution is 5.44. The molecule has 1 aromatic rings. The number of hydrogen-bond donors (Lipinski definition) is 1. The summed E-state index contributed by atoms with van der Waals surface area (Å²) in [4.78, 5) is 0. The number of nitrogens with one attached hydrogen (secondary N) is 1. The van der Waals surface area contributed by atoms with Crippen molar-refractivity contribution in [1.82, 2.24) is 5.32 Å². The molecule has 2 rings (SSSR count). The van der Waals surface area contributed by atoms with Gasteiger partial charge in [0.1, 0.15) is 0 Å². The van der Waals surface area contributed by atoms with Crippen LogP contribution < -0.4 is 14.8 Å². The van der Waals surface area contributed by atoms with Crippen molar-refractivity contribution in [2.75, 3.05) is 13.8 Å². The molecule has 1 atom stereocenters. The number of fused-ring (bicyclic) bond motifs is 1. The maximum absolute atomic E-state index is 7.13. The molecule has 1 unspecified atom stereocenters. The van der Waals surface area contributed by atoms with E-state index >= 15 is 0 Å². The first kappa shape index (κ1) is 6.30. The van der Waals surface area contributed by atoms with Crippen molar-refractivity contribution >= 4 is 0 Å². The van der Waals surface area contributed by atoms with Crippen LogP contribution in [0.2, 0.25) is 0 Å². The van der Waals surface area contributed by atoms with Gasteiger partial charge in [-0.25, -0.2) is 0 Å². The SMILES string of the molecule is [2H]C([2H])([2H])NC(C)Cc1ccc2c(c1)OCO2. The highest BCUT2D eigenvalue weighted by Gasteiger charge is 2.13. The second-order valence-corrected chi connectivity index (χ2v) is 3.44.